The van der Waals surface area contributed by atoms with Crippen molar-refractivity contribution >= 4 is 12.1 Å². The number of carbonyl (C=O) groups is 1. The molecule has 0 aliphatic carbocycles. The number of aromatic nitrogens is 2. The minimum atomic E-state index is -0.511. The van der Waals surface area contributed by atoms with Crippen molar-refractivity contribution in [3.8, 4) is 5.69 Å². The van der Waals surface area contributed by atoms with E-state index in [0.717, 1.165) is 11.4 Å². The van der Waals surface area contributed by atoms with E-state index in [1.54, 1.807) is 23.0 Å². The van der Waals surface area contributed by atoms with Crippen LogP contribution < -0.4 is 16.0 Å². The van der Waals surface area contributed by atoms with E-state index in [1.165, 1.54) is 6.07 Å². The summed E-state index contributed by atoms with van der Waals surface area (Å²) in [4.78, 5) is 20.3. The molecule has 170 valence electrons. The average Bonchev–Trinajstić information content (AvgIpc) is 3.10. The highest BCUT2D eigenvalue weighted by atomic mass is 19.1. The van der Waals surface area contributed by atoms with E-state index >= 15 is 0 Å². The second kappa shape index (κ2) is 11.3. The van der Waals surface area contributed by atoms with Crippen LogP contribution in [0.4, 0.5) is 9.18 Å². The number of ether oxygens (including phenoxy) is 1. The van der Waals surface area contributed by atoms with E-state index in [4.69, 9.17) is 4.74 Å². The Kier molecular flexibility index (Phi) is 8.84. The summed E-state index contributed by atoms with van der Waals surface area (Å²) in [5.41, 5.74) is 0.718. The van der Waals surface area contributed by atoms with Crippen LogP contribution in [0.5, 0.6) is 0 Å². The van der Waals surface area contributed by atoms with Crippen LogP contribution in [0.15, 0.2) is 35.6 Å². The monoisotopic (exact) mass is 432 g/mol. The molecule has 0 aliphatic rings. The second-order valence-electron chi connectivity index (χ2n) is 8.03. The van der Waals surface area contributed by atoms with Crippen molar-refractivity contribution in [1.82, 2.24) is 25.5 Å². The summed E-state index contributed by atoms with van der Waals surface area (Å²) in [6.07, 6.45) is 3.65. The number of aryl methyl sites for hydroxylation is 1. The van der Waals surface area contributed by atoms with Crippen LogP contribution in [0.25, 0.3) is 5.69 Å². The molecule has 0 spiro atoms. The van der Waals surface area contributed by atoms with Crippen molar-refractivity contribution in [2.45, 2.75) is 53.2 Å². The number of hydrogen-bond donors (Lipinski definition) is 3. The van der Waals surface area contributed by atoms with Crippen LogP contribution in [0, 0.1) is 12.7 Å². The Morgan fingerprint density at radius 3 is 2.58 bits per heavy atom. The number of alkyl carbamates (subject to hydrolysis) is 1. The molecule has 1 amide bonds. The van der Waals surface area contributed by atoms with Gasteiger partial charge in [0.1, 0.15) is 17.2 Å². The normalized spacial score (nSPS) is 11.9. The first-order chi connectivity index (χ1) is 14.7. The van der Waals surface area contributed by atoms with Gasteiger partial charge in [-0.15, -0.1) is 0 Å². The topological polar surface area (TPSA) is 92.6 Å². The third kappa shape index (κ3) is 8.27. The van der Waals surface area contributed by atoms with Gasteiger partial charge >= 0.3 is 6.09 Å². The van der Waals surface area contributed by atoms with Crippen LogP contribution in [-0.4, -0.2) is 46.8 Å². The van der Waals surface area contributed by atoms with Crippen molar-refractivity contribution in [3.63, 3.8) is 0 Å². The molecule has 0 fully saturated rings. The number of hydrogen-bond acceptors (Lipinski definition) is 4. The maximum absolute atomic E-state index is 14.5. The summed E-state index contributed by atoms with van der Waals surface area (Å²) in [7, 11) is 0. The van der Waals surface area contributed by atoms with E-state index in [2.05, 4.69) is 25.9 Å². The highest BCUT2D eigenvalue weighted by Gasteiger charge is 2.15. The van der Waals surface area contributed by atoms with E-state index in [1.807, 2.05) is 40.7 Å². The van der Waals surface area contributed by atoms with Gasteiger partial charge in [0.25, 0.3) is 0 Å². The first-order valence-electron chi connectivity index (χ1n) is 10.5. The number of benzene rings is 1. The van der Waals surface area contributed by atoms with Gasteiger partial charge in [0.05, 0.1) is 12.2 Å². The number of imidazole rings is 1. The SMILES string of the molecule is CCNC(=NCc1ccc(-n2ccnc2C)c(F)c1)NCCCNC(=O)OC(C)(C)C. The predicted molar refractivity (Wildman–Crippen MR) is 120 cm³/mol. The van der Waals surface area contributed by atoms with Crippen molar-refractivity contribution in [2.75, 3.05) is 19.6 Å². The molecular formula is C22H33FN6O2. The zero-order valence-corrected chi connectivity index (χ0v) is 19.0. The Morgan fingerprint density at radius 1 is 1.23 bits per heavy atom. The Bertz CT molecular complexity index is 888. The van der Waals surface area contributed by atoms with Gasteiger partial charge in [-0.25, -0.2) is 19.2 Å². The molecule has 0 atom stereocenters. The minimum absolute atomic E-state index is 0.319. The number of rotatable bonds is 8. The summed E-state index contributed by atoms with van der Waals surface area (Å²) < 4.78 is 21.5. The van der Waals surface area contributed by atoms with Crippen LogP contribution in [0.2, 0.25) is 0 Å². The lowest BCUT2D eigenvalue weighted by molar-refractivity contribution is 0.0527. The smallest absolute Gasteiger partial charge is 0.407 e. The predicted octanol–water partition coefficient (Wildman–Crippen LogP) is 3.29. The summed E-state index contributed by atoms with van der Waals surface area (Å²) in [5.74, 6) is 1.04. The van der Waals surface area contributed by atoms with E-state index < -0.39 is 11.7 Å². The molecular weight excluding hydrogens is 399 g/mol. The van der Waals surface area contributed by atoms with Crippen LogP contribution >= 0.6 is 0 Å². The number of nitrogens with zero attached hydrogens (tertiary/aromatic N) is 3. The number of nitrogens with one attached hydrogen (secondary N) is 3. The van der Waals surface area contributed by atoms with Gasteiger partial charge in [0, 0.05) is 32.0 Å². The maximum Gasteiger partial charge on any atom is 0.407 e. The molecule has 1 aromatic carbocycles. The quantitative estimate of drug-likeness (QED) is 0.338. The van der Waals surface area contributed by atoms with Crippen LogP contribution in [-0.2, 0) is 11.3 Å². The fourth-order valence-corrected chi connectivity index (χ4v) is 2.79. The largest absolute Gasteiger partial charge is 0.444 e. The fraction of sp³-hybridized carbons (Fsp3) is 0.500. The van der Waals surface area contributed by atoms with Crippen LogP contribution in [0.1, 0.15) is 45.5 Å². The molecule has 0 aliphatic heterocycles. The van der Waals surface area contributed by atoms with Crippen molar-refractivity contribution in [2.24, 2.45) is 4.99 Å². The molecule has 0 unspecified atom stereocenters. The Hall–Kier alpha value is -3.10. The van der Waals surface area contributed by atoms with Crippen molar-refractivity contribution in [1.29, 1.82) is 0 Å². The lowest BCUT2D eigenvalue weighted by atomic mass is 10.2. The molecule has 9 heteroatoms. The number of carbonyl (C=O) groups excluding carboxylic acids is 1. The summed E-state index contributed by atoms with van der Waals surface area (Å²) in [5, 5.41) is 9.09. The number of amides is 1. The number of guanidine groups is 1. The van der Waals surface area contributed by atoms with Gasteiger partial charge in [0.15, 0.2) is 5.96 Å². The molecule has 8 nitrogen and oxygen atoms in total. The number of halogens is 1. The molecule has 2 rings (SSSR count). The molecule has 0 radical (unpaired) electrons. The van der Waals surface area contributed by atoms with Gasteiger partial charge in [-0.05, 0) is 58.7 Å². The minimum Gasteiger partial charge on any atom is -0.444 e. The highest BCUT2D eigenvalue weighted by Crippen LogP contribution is 2.17. The van der Waals surface area contributed by atoms with Gasteiger partial charge < -0.3 is 25.3 Å². The third-order valence-electron chi connectivity index (χ3n) is 4.18. The zero-order valence-electron chi connectivity index (χ0n) is 19.0. The van der Waals surface area contributed by atoms with E-state index in [0.29, 0.717) is 44.2 Å². The Morgan fingerprint density at radius 2 is 1.97 bits per heavy atom. The molecule has 0 saturated heterocycles. The van der Waals surface area contributed by atoms with Crippen LogP contribution in [0.3, 0.4) is 0 Å². The van der Waals surface area contributed by atoms with Gasteiger partial charge in [0.2, 0.25) is 0 Å². The first kappa shape index (κ1) is 24.2. The third-order valence-corrected chi connectivity index (χ3v) is 4.18. The Labute approximate surface area is 183 Å². The molecule has 1 heterocycles. The van der Waals surface area contributed by atoms with Crippen molar-refractivity contribution in [3.05, 3.63) is 47.8 Å². The molecule has 0 saturated carbocycles. The molecule has 0 bridgehead atoms. The summed E-state index contributed by atoms with van der Waals surface area (Å²) >= 11 is 0. The first-order valence-corrected chi connectivity index (χ1v) is 10.5. The molecule has 1 aromatic heterocycles. The highest BCUT2D eigenvalue weighted by molar-refractivity contribution is 5.79. The number of aliphatic imine (C=N–C) groups is 1. The van der Waals surface area contributed by atoms with E-state index in [-0.39, 0.29) is 5.82 Å². The Balaban J connectivity index is 1.85. The van der Waals surface area contributed by atoms with Gasteiger partial charge in [-0.2, -0.15) is 0 Å². The van der Waals surface area contributed by atoms with Gasteiger partial charge in [-0.1, -0.05) is 6.07 Å². The van der Waals surface area contributed by atoms with Crippen molar-refractivity contribution < 1.29 is 13.9 Å². The molecule has 2 aromatic rings. The zero-order chi connectivity index (χ0) is 22.9. The summed E-state index contributed by atoms with van der Waals surface area (Å²) in [6.45, 7) is 11.4. The second-order valence-corrected chi connectivity index (χ2v) is 8.03. The average molecular weight is 433 g/mol. The maximum atomic E-state index is 14.5. The van der Waals surface area contributed by atoms with E-state index in [9.17, 15) is 9.18 Å². The lowest BCUT2D eigenvalue weighted by Crippen LogP contribution is -2.39. The lowest BCUT2D eigenvalue weighted by Gasteiger charge is -2.19. The fourth-order valence-electron chi connectivity index (χ4n) is 2.79. The molecule has 3 N–H and O–H groups in total. The summed E-state index contributed by atoms with van der Waals surface area (Å²) in [6, 6.07) is 5.08. The molecule has 31 heavy (non-hydrogen) atoms. The van der Waals surface area contributed by atoms with Gasteiger partial charge in [-0.3, -0.25) is 0 Å². The standard InChI is InChI=1S/C22H33FN6O2/c1-6-24-20(26-10-7-11-27-21(30)31-22(3,4)5)28-15-17-8-9-19(18(23)14-17)29-13-12-25-16(29)2/h8-9,12-14H,6-7,10-11,15H2,1-5H3,(H,27,30)(H2,24,26,28).